The molecule has 0 aromatic heterocycles. The first-order chi connectivity index (χ1) is 33.7. The van der Waals surface area contributed by atoms with Gasteiger partial charge >= 0.3 is 11.9 Å². The average Bonchev–Trinajstić information content (AvgIpc) is 3.59. The zero-order valence-corrected chi connectivity index (χ0v) is 46.9. The zero-order valence-electron chi connectivity index (χ0n) is 45.3. The molecule has 1 aliphatic heterocycles. The number of unbranched alkanes of at least 4 members (excludes halogenated alkanes) is 11. The molecule has 0 spiro atoms. The first-order valence-electron chi connectivity index (χ1n) is 27.8. The van der Waals surface area contributed by atoms with Crippen molar-refractivity contribution in [3.63, 3.8) is 0 Å². The van der Waals surface area contributed by atoms with Crippen molar-refractivity contribution in [1.29, 1.82) is 0 Å². The van der Waals surface area contributed by atoms with E-state index in [4.69, 9.17) is 33.2 Å². The zero-order chi connectivity index (χ0) is 50.1. The standard InChI is InChI=1S/C56H106N2O9S2/c1-50(2)26-24-28-52(5)32-39-66-55(59)30-18-12-8-7-10-16-22-37-62-47-54(65-38-23-17-11-9-13-19-31-56(60)67-40-33-53(6)29-25-27-51(3)4)46-57-48-64-49-63-43-45-69-68-44-42-61-41-36-58-34-20-14-15-21-35-58/h26-27,52-54,57H,7-25,28-49H2,1-6H3. The Balaban J connectivity index is 2.17. The lowest BCUT2D eigenvalue weighted by Crippen LogP contribution is -2.34. The first-order valence-corrected chi connectivity index (χ1v) is 30.3. The maximum Gasteiger partial charge on any atom is 0.305 e. The number of rotatable bonds is 50. The van der Waals surface area contributed by atoms with Gasteiger partial charge in [-0.25, -0.2) is 0 Å². The molecule has 0 aliphatic carbocycles. The number of likely N-dealkylation sites (tertiary alicyclic amines) is 1. The van der Waals surface area contributed by atoms with Crippen molar-refractivity contribution < 1.29 is 42.7 Å². The molecule has 0 aromatic carbocycles. The third-order valence-electron chi connectivity index (χ3n) is 12.5. The lowest BCUT2D eigenvalue weighted by molar-refractivity contribution is -0.145. The third-order valence-corrected chi connectivity index (χ3v) is 14.8. The van der Waals surface area contributed by atoms with Gasteiger partial charge in [0.05, 0.1) is 52.5 Å². The van der Waals surface area contributed by atoms with Crippen molar-refractivity contribution in [2.45, 2.75) is 208 Å². The Morgan fingerprint density at radius 2 is 1.06 bits per heavy atom. The molecule has 1 aliphatic rings. The smallest absolute Gasteiger partial charge is 0.305 e. The Morgan fingerprint density at radius 3 is 1.61 bits per heavy atom. The Morgan fingerprint density at radius 1 is 0.551 bits per heavy atom. The molecule has 1 fully saturated rings. The number of nitrogens with zero attached hydrogens (tertiary/aromatic N) is 1. The Kier molecular flexibility index (Phi) is 48.1. The van der Waals surface area contributed by atoms with Crippen molar-refractivity contribution in [1.82, 2.24) is 10.2 Å². The minimum Gasteiger partial charge on any atom is -0.466 e. The molecule has 69 heavy (non-hydrogen) atoms. The van der Waals surface area contributed by atoms with Crippen LogP contribution in [0.3, 0.4) is 0 Å². The van der Waals surface area contributed by atoms with Crippen LogP contribution in [0.5, 0.6) is 0 Å². The Hall–Kier alpha value is -1.16. The van der Waals surface area contributed by atoms with E-state index in [0.29, 0.717) is 71.0 Å². The molecule has 0 radical (unpaired) electrons. The summed E-state index contributed by atoms with van der Waals surface area (Å²) in [5.74, 6) is 2.96. The fourth-order valence-corrected chi connectivity index (χ4v) is 9.69. The summed E-state index contributed by atoms with van der Waals surface area (Å²) in [6, 6.07) is 0. The second-order valence-corrected chi connectivity index (χ2v) is 22.7. The number of esters is 2. The highest BCUT2D eigenvalue weighted by molar-refractivity contribution is 8.76. The lowest BCUT2D eigenvalue weighted by atomic mass is 10.0. The van der Waals surface area contributed by atoms with E-state index in [0.717, 1.165) is 147 Å². The molecule has 3 unspecified atom stereocenters. The van der Waals surface area contributed by atoms with Crippen LogP contribution in [0.2, 0.25) is 0 Å². The molecule has 11 nitrogen and oxygen atoms in total. The van der Waals surface area contributed by atoms with E-state index in [9.17, 15) is 9.59 Å². The third kappa shape index (κ3) is 48.9. The quantitative estimate of drug-likeness (QED) is 0.0205. The van der Waals surface area contributed by atoms with E-state index in [1.54, 1.807) is 0 Å². The normalized spacial score (nSPS) is 14.5. The van der Waals surface area contributed by atoms with Crippen LogP contribution in [0.1, 0.15) is 202 Å². The first kappa shape index (κ1) is 65.9. The van der Waals surface area contributed by atoms with Crippen molar-refractivity contribution >= 4 is 33.5 Å². The molecule has 1 saturated heterocycles. The van der Waals surface area contributed by atoms with Gasteiger partial charge in [0, 0.05) is 50.7 Å². The number of allylic oxidation sites excluding steroid dienone is 4. The summed E-state index contributed by atoms with van der Waals surface area (Å²) in [7, 11) is 3.67. The van der Waals surface area contributed by atoms with Gasteiger partial charge in [-0.2, -0.15) is 0 Å². The second-order valence-electron chi connectivity index (χ2n) is 20.0. The van der Waals surface area contributed by atoms with Gasteiger partial charge in [-0.3, -0.25) is 14.9 Å². The van der Waals surface area contributed by atoms with E-state index in [2.05, 4.69) is 63.9 Å². The SMILES string of the molecule is CC(C)=CCCC(C)CCOC(=O)CCCCCCCCCOCC(CNCOCOCCSSCCOCCN1CCCCCC1)OCCCCCCCCC(=O)OCCC(C)CCC=C(C)C. The van der Waals surface area contributed by atoms with Crippen LogP contribution in [0.15, 0.2) is 23.3 Å². The highest BCUT2D eigenvalue weighted by atomic mass is 33.1. The second kappa shape index (κ2) is 50.4. The van der Waals surface area contributed by atoms with Gasteiger partial charge < -0.3 is 38.1 Å². The highest BCUT2D eigenvalue weighted by Crippen LogP contribution is 2.20. The number of hydrogen-bond donors (Lipinski definition) is 1. The van der Waals surface area contributed by atoms with Gasteiger partial charge in [0.25, 0.3) is 0 Å². The van der Waals surface area contributed by atoms with Crippen molar-refractivity contribution in [3.8, 4) is 0 Å². The predicted octanol–water partition coefficient (Wildman–Crippen LogP) is 13.7. The summed E-state index contributed by atoms with van der Waals surface area (Å²) >= 11 is 0. The maximum atomic E-state index is 12.2. The summed E-state index contributed by atoms with van der Waals surface area (Å²) in [6.07, 6.45) is 31.4. The predicted molar refractivity (Wildman–Crippen MR) is 292 cm³/mol. The van der Waals surface area contributed by atoms with E-state index in [1.807, 2.05) is 21.6 Å². The van der Waals surface area contributed by atoms with Crippen LogP contribution < -0.4 is 5.32 Å². The number of carbonyl (C=O) groups excluding carboxylic acids is 2. The molecule has 1 heterocycles. The van der Waals surface area contributed by atoms with Gasteiger partial charge in [-0.15, -0.1) is 0 Å². The lowest BCUT2D eigenvalue weighted by Gasteiger charge is -2.19. The van der Waals surface area contributed by atoms with Crippen LogP contribution >= 0.6 is 21.6 Å². The summed E-state index contributed by atoms with van der Waals surface area (Å²) in [6.45, 7) is 23.2. The molecule has 1 rings (SSSR count). The minimum absolute atomic E-state index is 0.0461. The number of nitrogens with one attached hydrogen (secondary N) is 1. The molecule has 13 heteroatoms. The fourth-order valence-electron chi connectivity index (χ4n) is 7.97. The van der Waals surface area contributed by atoms with E-state index in [-0.39, 0.29) is 24.8 Å². The van der Waals surface area contributed by atoms with Gasteiger partial charge in [-0.1, -0.05) is 129 Å². The van der Waals surface area contributed by atoms with E-state index < -0.39 is 0 Å². The molecule has 0 amide bonds. The van der Waals surface area contributed by atoms with Crippen molar-refractivity contribution in [3.05, 3.63) is 23.3 Å². The Bertz CT molecular complexity index is 1210. The molecule has 0 bridgehead atoms. The highest BCUT2D eigenvalue weighted by Gasteiger charge is 2.12. The summed E-state index contributed by atoms with van der Waals surface area (Å²) in [5, 5.41) is 3.37. The maximum absolute atomic E-state index is 12.2. The number of carbonyl (C=O) groups is 2. The summed E-state index contributed by atoms with van der Waals surface area (Å²) in [5.41, 5.74) is 2.73. The Labute approximate surface area is 431 Å². The van der Waals surface area contributed by atoms with E-state index >= 15 is 0 Å². The largest absolute Gasteiger partial charge is 0.466 e. The topological polar surface area (TPSA) is 114 Å². The van der Waals surface area contributed by atoms with Gasteiger partial charge in [0.15, 0.2) is 0 Å². The van der Waals surface area contributed by atoms with Crippen LogP contribution in [-0.4, -0.2) is 127 Å². The summed E-state index contributed by atoms with van der Waals surface area (Å²) in [4.78, 5) is 26.9. The van der Waals surface area contributed by atoms with Crippen LogP contribution in [0, 0.1) is 11.8 Å². The van der Waals surface area contributed by atoms with Crippen LogP contribution in [0.25, 0.3) is 0 Å². The molecule has 0 aromatic rings. The summed E-state index contributed by atoms with van der Waals surface area (Å²) < 4.78 is 40.6. The number of hydrogen-bond acceptors (Lipinski definition) is 13. The fraction of sp³-hybridized carbons (Fsp3) is 0.893. The average molecular weight is 1020 g/mol. The molecular formula is C56H106N2O9S2. The van der Waals surface area contributed by atoms with E-state index in [1.165, 1.54) is 62.8 Å². The number of ether oxygens (including phenoxy) is 7. The van der Waals surface area contributed by atoms with Gasteiger partial charge in [0.1, 0.15) is 6.79 Å². The minimum atomic E-state index is -0.0566. The van der Waals surface area contributed by atoms with Crippen molar-refractivity contribution in [2.75, 3.05) is 104 Å². The van der Waals surface area contributed by atoms with Gasteiger partial charge in [-0.05, 0) is 130 Å². The molecule has 0 saturated carbocycles. The molecule has 406 valence electrons. The monoisotopic (exact) mass is 1010 g/mol. The molecular weight excluding hydrogens is 909 g/mol. The van der Waals surface area contributed by atoms with Crippen LogP contribution in [0.4, 0.5) is 0 Å². The van der Waals surface area contributed by atoms with Crippen molar-refractivity contribution in [2.24, 2.45) is 11.8 Å². The van der Waals surface area contributed by atoms with Crippen LogP contribution in [-0.2, 0) is 42.7 Å². The molecule has 1 N–H and O–H groups in total. The van der Waals surface area contributed by atoms with Gasteiger partial charge in [0.2, 0.25) is 0 Å². The molecule has 3 atom stereocenters.